The van der Waals surface area contributed by atoms with Gasteiger partial charge >= 0.3 is 0 Å². The van der Waals surface area contributed by atoms with E-state index in [1.165, 1.54) is 17.0 Å². The highest BCUT2D eigenvalue weighted by atomic mass is 32.1. The molecule has 2 nitrogen and oxygen atoms in total. The van der Waals surface area contributed by atoms with Gasteiger partial charge in [0.2, 0.25) is 0 Å². The summed E-state index contributed by atoms with van der Waals surface area (Å²) >= 11 is 1.71. The molecule has 0 spiro atoms. The third-order valence-electron chi connectivity index (χ3n) is 3.21. The van der Waals surface area contributed by atoms with Crippen molar-refractivity contribution >= 4 is 11.3 Å². The molecule has 0 saturated carbocycles. The number of hydrogen-bond acceptors (Lipinski definition) is 3. The van der Waals surface area contributed by atoms with Gasteiger partial charge in [-0.3, -0.25) is 0 Å². The van der Waals surface area contributed by atoms with Crippen LogP contribution in [0.5, 0.6) is 0 Å². The molecule has 0 aliphatic heterocycles. The van der Waals surface area contributed by atoms with E-state index in [4.69, 9.17) is 5.73 Å². The first kappa shape index (κ1) is 10.9. The molecule has 2 aromatic rings. The van der Waals surface area contributed by atoms with Gasteiger partial charge in [0.15, 0.2) is 0 Å². The molecule has 4 heteroatoms. The number of aryl methyl sites for hydroxylation is 1. The molecule has 1 unspecified atom stereocenters. The minimum Gasteiger partial charge on any atom is -0.330 e. The molecule has 0 amide bonds. The summed E-state index contributed by atoms with van der Waals surface area (Å²) in [5, 5.41) is 0.980. The van der Waals surface area contributed by atoms with E-state index < -0.39 is 0 Å². The van der Waals surface area contributed by atoms with Crippen LogP contribution < -0.4 is 5.73 Å². The third-order valence-corrected chi connectivity index (χ3v) is 4.39. The lowest BCUT2D eigenvalue weighted by Crippen LogP contribution is -2.09. The quantitative estimate of drug-likeness (QED) is 0.887. The highest BCUT2D eigenvalue weighted by molar-refractivity contribution is 7.15. The Kier molecular flexibility index (Phi) is 2.68. The van der Waals surface area contributed by atoms with E-state index in [2.05, 4.69) is 4.98 Å². The van der Waals surface area contributed by atoms with Gasteiger partial charge in [-0.15, -0.1) is 11.3 Å². The molecule has 88 valence electrons. The van der Waals surface area contributed by atoms with Crippen molar-refractivity contribution in [1.82, 2.24) is 4.98 Å². The molecule has 1 aliphatic rings. The summed E-state index contributed by atoms with van der Waals surface area (Å²) in [5.41, 5.74) is 7.88. The highest BCUT2D eigenvalue weighted by Crippen LogP contribution is 2.39. The fourth-order valence-electron chi connectivity index (χ4n) is 2.25. The zero-order valence-electron chi connectivity index (χ0n) is 9.32. The normalized spacial score (nSPS) is 18.4. The Morgan fingerprint density at radius 3 is 2.82 bits per heavy atom. The van der Waals surface area contributed by atoms with E-state index in [1.54, 1.807) is 23.5 Å². The van der Waals surface area contributed by atoms with E-state index in [9.17, 15) is 4.39 Å². The van der Waals surface area contributed by atoms with Gasteiger partial charge in [0.1, 0.15) is 10.8 Å². The molecule has 1 aromatic heterocycles. The maximum Gasteiger partial charge on any atom is 0.123 e. The lowest BCUT2D eigenvalue weighted by Gasteiger charge is -2.03. The summed E-state index contributed by atoms with van der Waals surface area (Å²) in [4.78, 5) is 6.01. The Balaban J connectivity index is 1.98. The van der Waals surface area contributed by atoms with E-state index in [-0.39, 0.29) is 5.82 Å². The van der Waals surface area contributed by atoms with Gasteiger partial charge in [0.05, 0.1) is 5.69 Å². The fourth-order valence-corrected chi connectivity index (χ4v) is 3.42. The molecule has 17 heavy (non-hydrogen) atoms. The van der Waals surface area contributed by atoms with Gasteiger partial charge in [0, 0.05) is 22.9 Å². The van der Waals surface area contributed by atoms with Crippen LogP contribution in [0, 0.1) is 5.82 Å². The smallest absolute Gasteiger partial charge is 0.123 e. The predicted octanol–water partition coefficient (Wildman–Crippen LogP) is 2.94. The fraction of sp³-hybridized carbons (Fsp3) is 0.308. The molecular formula is C13H13FN2S. The van der Waals surface area contributed by atoms with Crippen LogP contribution in [0.1, 0.15) is 22.9 Å². The number of benzene rings is 1. The lowest BCUT2D eigenvalue weighted by atomic mass is 10.1. The molecule has 1 heterocycles. The van der Waals surface area contributed by atoms with Crippen molar-refractivity contribution in [2.45, 2.75) is 18.8 Å². The molecule has 0 radical (unpaired) electrons. The number of hydrogen-bond donors (Lipinski definition) is 1. The number of thiazole rings is 1. The molecule has 1 atom stereocenters. The van der Waals surface area contributed by atoms with Crippen LogP contribution in [0.2, 0.25) is 0 Å². The van der Waals surface area contributed by atoms with Crippen LogP contribution in [-0.2, 0) is 6.42 Å². The molecule has 3 rings (SSSR count). The topological polar surface area (TPSA) is 38.9 Å². The van der Waals surface area contributed by atoms with Crippen LogP contribution in [0.3, 0.4) is 0 Å². The summed E-state index contributed by atoms with van der Waals surface area (Å²) in [7, 11) is 0. The Labute approximate surface area is 103 Å². The van der Waals surface area contributed by atoms with E-state index in [1.807, 2.05) is 0 Å². The first-order chi connectivity index (χ1) is 8.28. The second-order valence-corrected chi connectivity index (χ2v) is 5.39. The monoisotopic (exact) mass is 248 g/mol. The van der Waals surface area contributed by atoms with Crippen LogP contribution in [0.4, 0.5) is 4.39 Å². The van der Waals surface area contributed by atoms with Crippen molar-refractivity contribution in [3.05, 3.63) is 40.7 Å². The van der Waals surface area contributed by atoms with E-state index in [0.717, 1.165) is 29.1 Å². The minimum absolute atomic E-state index is 0.210. The van der Waals surface area contributed by atoms with Gasteiger partial charge in [0.25, 0.3) is 0 Å². The van der Waals surface area contributed by atoms with Crippen molar-refractivity contribution in [2.24, 2.45) is 5.73 Å². The molecule has 1 aliphatic carbocycles. The predicted molar refractivity (Wildman–Crippen MR) is 67.6 cm³/mol. The second kappa shape index (κ2) is 4.20. The Hall–Kier alpha value is -1.26. The Morgan fingerprint density at radius 1 is 1.35 bits per heavy atom. The van der Waals surface area contributed by atoms with E-state index in [0.29, 0.717) is 12.5 Å². The first-order valence-corrected chi connectivity index (χ1v) is 6.55. The summed E-state index contributed by atoms with van der Waals surface area (Å²) in [6.07, 6.45) is 2.20. The van der Waals surface area contributed by atoms with Gasteiger partial charge in [-0.2, -0.15) is 0 Å². The zero-order chi connectivity index (χ0) is 11.8. The maximum atomic E-state index is 12.8. The number of nitrogens with two attached hydrogens (primary N) is 1. The molecule has 0 bridgehead atoms. The van der Waals surface area contributed by atoms with Crippen molar-refractivity contribution in [2.75, 3.05) is 6.54 Å². The third kappa shape index (κ3) is 1.87. The maximum absolute atomic E-state index is 12.8. The van der Waals surface area contributed by atoms with Crippen LogP contribution in [0.15, 0.2) is 24.3 Å². The average Bonchev–Trinajstić information content (AvgIpc) is 2.89. The SMILES string of the molecule is NCC1CCc2sc(-c3ccc(F)cc3)nc21. The first-order valence-electron chi connectivity index (χ1n) is 5.73. The highest BCUT2D eigenvalue weighted by Gasteiger charge is 2.26. The number of fused-ring (bicyclic) bond motifs is 1. The molecule has 2 N–H and O–H groups in total. The van der Waals surface area contributed by atoms with Gasteiger partial charge in [-0.05, 0) is 37.1 Å². The largest absolute Gasteiger partial charge is 0.330 e. The molecule has 1 aromatic carbocycles. The summed E-state index contributed by atoms with van der Waals surface area (Å²) < 4.78 is 12.8. The zero-order valence-corrected chi connectivity index (χ0v) is 10.1. The van der Waals surface area contributed by atoms with Gasteiger partial charge < -0.3 is 5.73 Å². The average molecular weight is 248 g/mol. The second-order valence-electron chi connectivity index (χ2n) is 4.31. The molecule has 0 saturated heterocycles. The summed E-state index contributed by atoms with van der Waals surface area (Å²) in [6, 6.07) is 6.51. The van der Waals surface area contributed by atoms with Crippen molar-refractivity contribution in [3.8, 4) is 10.6 Å². The number of nitrogens with zero attached hydrogens (tertiary/aromatic N) is 1. The molecule has 0 fully saturated rings. The number of aromatic nitrogens is 1. The Bertz CT molecular complexity index is 533. The van der Waals surface area contributed by atoms with Crippen LogP contribution in [-0.4, -0.2) is 11.5 Å². The number of halogens is 1. The summed E-state index contributed by atoms with van der Waals surface area (Å²) in [6.45, 7) is 0.666. The van der Waals surface area contributed by atoms with E-state index >= 15 is 0 Å². The number of rotatable bonds is 2. The van der Waals surface area contributed by atoms with Crippen molar-refractivity contribution in [1.29, 1.82) is 0 Å². The Morgan fingerprint density at radius 2 is 2.12 bits per heavy atom. The minimum atomic E-state index is -0.210. The summed E-state index contributed by atoms with van der Waals surface area (Å²) in [5.74, 6) is 0.202. The van der Waals surface area contributed by atoms with Gasteiger partial charge in [-0.1, -0.05) is 0 Å². The van der Waals surface area contributed by atoms with Gasteiger partial charge in [-0.25, -0.2) is 9.37 Å². The van der Waals surface area contributed by atoms with Crippen LogP contribution in [0.25, 0.3) is 10.6 Å². The lowest BCUT2D eigenvalue weighted by molar-refractivity contribution is 0.628. The van der Waals surface area contributed by atoms with Crippen molar-refractivity contribution in [3.63, 3.8) is 0 Å². The standard InChI is InChI=1S/C13H13FN2S/c14-10-4-1-8(2-5-10)13-16-12-9(7-15)3-6-11(12)17-13/h1-2,4-5,9H,3,6-7,15H2. The van der Waals surface area contributed by atoms with Crippen molar-refractivity contribution < 1.29 is 4.39 Å². The van der Waals surface area contributed by atoms with Crippen LogP contribution >= 0.6 is 11.3 Å². The molecular weight excluding hydrogens is 235 g/mol.